The van der Waals surface area contributed by atoms with Crippen molar-refractivity contribution < 1.29 is 14.2 Å². The second-order valence-corrected chi connectivity index (χ2v) is 6.14. The van der Waals surface area contributed by atoms with E-state index in [4.69, 9.17) is 19.9 Å². The summed E-state index contributed by atoms with van der Waals surface area (Å²) in [6, 6.07) is 0.768. The van der Waals surface area contributed by atoms with Gasteiger partial charge in [-0.3, -0.25) is 0 Å². The molecule has 1 saturated carbocycles. The normalized spacial score (nSPS) is 14.4. The minimum atomic E-state index is 0.00339. The average molecular weight is 354 g/mol. The lowest BCUT2D eigenvalue weighted by molar-refractivity contribution is 0.0547. The number of ether oxygens (including phenoxy) is 3. The van der Waals surface area contributed by atoms with Crippen LogP contribution in [0.1, 0.15) is 33.1 Å². The molecule has 0 saturated heterocycles. The molecule has 1 aliphatic rings. The molecule has 0 spiro atoms. The summed E-state index contributed by atoms with van der Waals surface area (Å²) >= 11 is 0. The Kier molecular flexibility index (Phi) is 8.64. The summed E-state index contributed by atoms with van der Waals surface area (Å²) in [7, 11) is 0. The third-order valence-corrected chi connectivity index (χ3v) is 3.56. The van der Waals surface area contributed by atoms with Crippen LogP contribution >= 0.6 is 0 Å². The average Bonchev–Trinajstić information content (AvgIpc) is 2.53. The minimum Gasteiger partial charge on any atom is -0.461 e. The molecule has 0 radical (unpaired) electrons. The molecule has 142 valence electrons. The smallest absolute Gasteiger partial charge is 0.323 e. The summed E-state index contributed by atoms with van der Waals surface area (Å²) in [5.74, 6) is 1.03. The first-order chi connectivity index (χ1) is 12.2. The lowest BCUT2D eigenvalue weighted by Crippen LogP contribution is -2.28. The fourth-order valence-electron chi connectivity index (χ4n) is 2.14. The molecular weight excluding hydrogens is 324 g/mol. The van der Waals surface area contributed by atoms with Gasteiger partial charge in [-0.2, -0.15) is 15.0 Å². The Bertz CT molecular complexity index is 499. The molecule has 0 amide bonds. The Morgan fingerprint density at radius 3 is 2.40 bits per heavy atom. The summed E-state index contributed by atoms with van der Waals surface area (Å²) in [6.45, 7) is 7.17. The van der Waals surface area contributed by atoms with Gasteiger partial charge in [0.25, 0.3) is 0 Å². The fourth-order valence-corrected chi connectivity index (χ4v) is 2.14. The molecule has 0 bridgehead atoms. The molecule has 0 aromatic carbocycles. The molecule has 1 aromatic rings. The van der Waals surface area contributed by atoms with Crippen LogP contribution in [-0.4, -0.2) is 66.6 Å². The van der Waals surface area contributed by atoms with Crippen molar-refractivity contribution in [2.75, 3.05) is 50.2 Å². The van der Waals surface area contributed by atoms with E-state index in [0.29, 0.717) is 63.5 Å². The molecule has 1 heterocycles. The van der Waals surface area contributed by atoms with Crippen LogP contribution in [0.15, 0.2) is 0 Å². The third-order valence-electron chi connectivity index (χ3n) is 3.56. The number of hydrogen-bond donors (Lipinski definition) is 3. The van der Waals surface area contributed by atoms with E-state index in [-0.39, 0.29) is 6.10 Å². The predicted octanol–water partition coefficient (Wildman–Crippen LogP) is 1.03. The molecule has 1 aliphatic carbocycles. The van der Waals surface area contributed by atoms with Crippen LogP contribution in [0.2, 0.25) is 0 Å². The zero-order valence-electron chi connectivity index (χ0n) is 15.2. The van der Waals surface area contributed by atoms with E-state index in [1.807, 2.05) is 13.8 Å². The summed E-state index contributed by atoms with van der Waals surface area (Å²) in [5.41, 5.74) is 5.34. The van der Waals surface area contributed by atoms with Gasteiger partial charge in [-0.05, 0) is 33.1 Å². The maximum atomic E-state index is 5.61. The zero-order valence-corrected chi connectivity index (χ0v) is 15.2. The number of rotatable bonds is 13. The number of nitrogens with two attached hydrogens (primary N) is 1. The third kappa shape index (κ3) is 7.80. The van der Waals surface area contributed by atoms with Gasteiger partial charge in [0.2, 0.25) is 11.9 Å². The summed E-state index contributed by atoms with van der Waals surface area (Å²) in [6.07, 6.45) is 3.54. The molecule has 0 atom stereocenters. The molecule has 0 unspecified atom stereocenters. The largest absolute Gasteiger partial charge is 0.461 e. The van der Waals surface area contributed by atoms with Crippen LogP contribution in [0.4, 0.5) is 11.9 Å². The van der Waals surface area contributed by atoms with E-state index in [1.54, 1.807) is 0 Å². The van der Waals surface area contributed by atoms with Gasteiger partial charge in [0, 0.05) is 19.1 Å². The van der Waals surface area contributed by atoms with E-state index >= 15 is 0 Å². The van der Waals surface area contributed by atoms with Crippen LogP contribution in [0.5, 0.6) is 6.01 Å². The van der Waals surface area contributed by atoms with Crippen LogP contribution in [0.25, 0.3) is 0 Å². The molecule has 4 N–H and O–H groups in total. The van der Waals surface area contributed by atoms with Crippen molar-refractivity contribution in [1.29, 1.82) is 0 Å². The Morgan fingerprint density at radius 2 is 1.76 bits per heavy atom. The van der Waals surface area contributed by atoms with Crippen LogP contribution < -0.4 is 21.1 Å². The number of hydrogen-bond acceptors (Lipinski definition) is 9. The Balaban J connectivity index is 1.77. The lowest BCUT2D eigenvalue weighted by Gasteiger charge is -2.26. The van der Waals surface area contributed by atoms with Gasteiger partial charge in [0.1, 0.15) is 0 Å². The van der Waals surface area contributed by atoms with Crippen LogP contribution in [0.3, 0.4) is 0 Å². The van der Waals surface area contributed by atoms with Crippen molar-refractivity contribution in [2.24, 2.45) is 5.73 Å². The van der Waals surface area contributed by atoms with Crippen molar-refractivity contribution >= 4 is 11.9 Å². The van der Waals surface area contributed by atoms with Crippen LogP contribution in [-0.2, 0) is 9.47 Å². The fraction of sp³-hybridized carbons (Fsp3) is 0.812. The van der Waals surface area contributed by atoms with Crippen molar-refractivity contribution in [2.45, 2.75) is 45.3 Å². The lowest BCUT2D eigenvalue weighted by atomic mass is 9.93. The van der Waals surface area contributed by atoms with Gasteiger partial charge in [-0.15, -0.1) is 0 Å². The zero-order chi connectivity index (χ0) is 17.9. The Hall–Kier alpha value is -1.71. The Labute approximate surface area is 149 Å². The van der Waals surface area contributed by atoms with E-state index in [2.05, 4.69) is 25.6 Å². The highest BCUT2D eigenvalue weighted by Crippen LogP contribution is 2.22. The quantitative estimate of drug-likeness (QED) is 0.446. The summed E-state index contributed by atoms with van der Waals surface area (Å²) in [4.78, 5) is 13.0. The molecule has 2 rings (SSSR count). The summed E-state index contributed by atoms with van der Waals surface area (Å²) < 4.78 is 16.3. The van der Waals surface area contributed by atoms with E-state index in [1.165, 1.54) is 6.42 Å². The summed E-state index contributed by atoms with van der Waals surface area (Å²) in [5, 5.41) is 6.46. The number of aromatic nitrogens is 3. The standard InChI is InChI=1S/C16H30N6O3/c1-12(2)25-16-21-14(18-7-9-24-11-10-23-8-6-17)20-15(22-16)19-13-4-3-5-13/h12-13H,3-11,17H2,1-2H3,(H2,18,19,20,21,22). The Morgan fingerprint density at radius 1 is 1.04 bits per heavy atom. The van der Waals surface area contributed by atoms with Gasteiger partial charge in [0.15, 0.2) is 0 Å². The minimum absolute atomic E-state index is 0.00339. The van der Waals surface area contributed by atoms with Crippen molar-refractivity contribution in [3.63, 3.8) is 0 Å². The van der Waals surface area contributed by atoms with Gasteiger partial charge in [-0.1, -0.05) is 0 Å². The van der Waals surface area contributed by atoms with E-state index in [9.17, 15) is 0 Å². The highest BCUT2D eigenvalue weighted by Gasteiger charge is 2.19. The maximum Gasteiger partial charge on any atom is 0.323 e. The number of nitrogens with zero attached hydrogens (tertiary/aromatic N) is 3. The van der Waals surface area contributed by atoms with Crippen molar-refractivity contribution in [1.82, 2.24) is 15.0 Å². The van der Waals surface area contributed by atoms with Crippen molar-refractivity contribution in [3.8, 4) is 6.01 Å². The first-order valence-corrected chi connectivity index (χ1v) is 8.96. The van der Waals surface area contributed by atoms with Gasteiger partial charge >= 0.3 is 6.01 Å². The van der Waals surface area contributed by atoms with Gasteiger partial charge in [0.05, 0.1) is 32.5 Å². The molecule has 25 heavy (non-hydrogen) atoms. The second-order valence-electron chi connectivity index (χ2n) is 6.14. The van der Waals surface area contributed by atoms with Gasteiger partial charge < -0.3 is 30.6 Å². The predicted molar refractivity (Wildman–Crippen MR) is 96.0 cm³/mol. The van der Waals surface area contributed by atoms with E-state index in [0.717, 1.165) is 12.8 Å². The molecule has 1 fully saturated rings. The van der Waals surface area contributed by atoms with E-state index < -0.39 is 0 Å². The first-order valence-electron chi connectivity index (χ1n) is 8.96. The number of nitrogens with one attached hydrogen (secondary N) is 2. The molecule has 9 heteroatoms. The molecule has 1 aromatic heterocycles. The highest BCUT2D eigenvalue weighted by molar-refractivity contribution is 5.37. The van der Waals surface area contributed by atoms with Crippen molar-refractivity contribution in [3.05, 3.63) is 0 Å². The first kappa shape index (κ1) is 19.6. The second kappa shape index (κ2) is 11.0. The highest BCUT2D eigenvalue weighted by atomic mass is 16.5. The van der Waals surface area contributed by atoms with Crippen LogP contribution in [0, 0.1) is 0 Å². The number of anilines is 2. The molecule has 0 aliphatic heterocycles. The molecule has 9 nitrogen and oxygen atoms in total. The SMILES string of the molecule is CC(C)Oc1nc(NCCOCCOCCN)nc(NC2CCC2)n1. The monoisotopic (exact) mass is 354 g/mol. The maximum absolute atomic E-state index is 5.61. The van der Waals surface area contributed by atoms with Gasteiger partial charge in [-0.25, -0.2) is 0 Å². The molecular formula is C16H30N6O3. The topological polar surface area (TPSA) is 116 Å².